The molecule has 0 radical (unpaired) electrons. The van der Waals surface area contributed by atoms with Crippen molar-refractivity contribution in [2.45, 2.75) is 0 Å². The molecule has 0 aromatic rings. The van der Waals surface area contributed by atoms with Gasteiger partial charge < -0.3 is 10.3 Å². The summed E-state index contributed by atoms with van der Waals surface area (Å²) in [7, 11) is 0. The van der Waals surface area contributed by atoms with Gasteiger partial charge in [-0.2, -0.15) is 0 Å². The first kappa shape index (κ1) is 23.0. The van der Waals surface area contributed by atoms with Gasteiger partial charge in [0.2, 0.25) is 0 Å². The van der Waals surface area contributed by atoms with Crippen molar-refractivity contribution in [1.82, 2.24) is 0 Å². The Hall–Kier alpha value is 0.630. The number of hydrogen-bond acceptors (Lipinski definition) is 2. The fourth-order valence-corrected chi connectivity index (χ4v) is 0. The summed E-state index contributed by atoms with van der Waals surface area (Å²) in [5, 5.41) is 0. The van der Waals surface area contributed by atoms with E-state index in [0.717, 1.165) is 0 Å². The molecule has 0 unspecified atom stereocenters. The molecule has 0 spiro atoms. The molecule has 0 aromatic carbocycles. The van der Waals surface area contributed by atoms with Crippen molar-refractivity contribution in [3.8, 4) is 0 Å². The summed E-state index contributed by atoms with van der Waals surface area (Å²) in [4.78, 5) is 8.00. The topological polar surface area (TPSA) is 47.1 Å². The van der Waals surface area contributed by atoms with Crippen LogP contribution in [0.5, 0.6) is 0 Å². The van der Waals surface area contributed by atoms with Crippen LogP contribution in [0.1, 0.15) is 0 Å². The molecule has 0 saturated carbocycles. The summed E-state index contributed by atoms with van der Waals surface area (Å²) in [5.74, 6) is 0. The molecular formula is CH3NaO2. The number of carbonyl (C=O) groups is 1. The number of carbonyl (C=O) groups excluding carboxylic acids is 1. The summed E-state index contributed by atoms with van der Waals surface area (Å²) in [5.41, 5.74) is 0. The maximum absolute atomic E-state index is 8.00. The van der Waals surface area contributed by atoms with Crippen LogP contribution in [-0.2, 0) is 4.79 Å². The van der Waals surface area contributed by atoms with E-state index >= 15 is 0 Å². The molecule has 0 amide bonds. The minimum absolute atomic E-state index is 0. The van der Waals surface area contributed by atoms with E-state index in [1.807, 2.05) is 6.79 Å². The Bertz CT molecular complexity index is 6.00. The van der Waals surface area contributed by atoms with Gasteiger partial charge in [0.15, 0.2) is 0 Å². The SMILES string of the molecule is C=O.[Na+].[OH-]. The second-order valence-electron chi connectivity index (χ2n) is 0. The van der Waals surface area contributed by atoms with E-state index < -0.39 is 0 Å². The van der Waals surface area contributed by atoms with Gasteiger partial charge in [0.1, 0.15) is 6.79 Å². The minimum atomic E-state index is 0. The van der Waals surface area contributed by atoms with E-state index in [9.17, 15) is 0 Å². The van der Waals surface area contributed by atoms with E-state index in [0.29, 0.717) is 0 Å². The number of hydrogen-bond donors (Lipinski definition) is 0. The first-order valence-corrected chi connectivity index (χ1v) is 0.289. The fourth-order valence-electron chi connectivity index (χ4n) is 0. The molecule has 0 fully saturated rings. The van der Waals surface area contributed by atoms with Gasteiger partial charge in [0.05, 0.1) is 0 Å². The largest absolute Gasteiger partial charge is 1.00 e. The number of rotatable bonds is 0. The predicted octanol–water partition coefficient (Wildman–Crippen LogP) is -3.36. The van der Waals surface area contributed by atoms with Gasteiger partial charge in [0, 0.05) is 0 Å². The first-order chi connectivity index (χ1) is 1.00. The summed E-state index contributed by atoms with van der Waals surface area (Å²) in [6.45, 7) is 2.00. The van der Waals surface area contributed by atoms with Crippen molar-refractivity contribution in [1.29, 1.82) is 0 Å². The quantitative estimate of drug-likeness (QED) is 0.279. The normalized spacial score (nSPS) is 1.00. The molecule has 0 aliphatic heterocycles. The van der Waals surface area contributed by atoms with Gasteiger partial charge in [0.25, 0.3) is 0 Å². The van der Waals surface area contributed by atoms with Crippen LogP contribution in [0.25, 0.3) is 0 Å². The molecule has 0 saturated heterocycles. The zero-order chi connectivity index (χ0) is 2.00. The van der Waals surface area contributed by atoms with Gasteiger partial charge in [-0.05, 0) is 0 Å². The fraction of sp³-hybridized carbons (Fsp3) is 0. The zero-order valence-corrected chi connectivity index (χ0v) is 4.56. The Labute approximate surface area is 46.8 Å². The molecule has 20 valence electrons. The van der Waals surface area contributed by atoms with Crippen LogP contribution in [0, 0.1) is 0 Å². The Kier molecular flexibility index (Phi) is 363. The van der Waals surface area contributed by atoms with Crippen LogP contribution in [-0.4, -0.2) is 12.3 Å². The van der Waals surface area contributed by atoms with Crippen LogP contribution >= 0.6 is 0 Å². The molecule has 0 aliphatic carbocycles. The van der Waals surface area contributed by atoms with Crippen molar-refractivity contribution in [2.75, 3.05) is 0 Å². The average molecular weight is 70.0 g/mol. The van der Waals surface area contributed by atoms with Gasteiger partial charge in [-0.1, -0.05) is 0 Å². The Morgan fingerprint density at radius 3 is 1.25 bits per heavy atom. The van der Waals surface area contributed by atoms with Crippen LogP contribution in [0.15, 0.2) is 0 Å². The molecule has 4 heavy (non-hydrogen) atoms. The molecule has 0 heterocycles. The Morgan fingerprint density at radius 2 is 1.25 bits per heavy atom. The van der Waals surface area contributed by atoms with E-state index in [2.05, 4.69) is 0 Å². The monoisotopic (exact) mass is 70.0 g/mol. The van der Waals surface area contributed by atoms with Crippen molar-refractivity contribution in [3.05, 3.63) is 0 Å². The molecule has 0 aliphatic rings. The first-order valence-electron chi connectivity index (χ1n) is 0.289. The molecule has 3 heteroatoms. The maximum atomic E-state index is 8.00. The van der Waals surface area contributed by atoms with Crippen LogP contribution in [0.3, 0.4) is 0 Å². The third-order valence-corrected chi connectivity index (χ3v) is 0. The Morgan fingerprint density at radius 1 is 1.25 bits per heavy atom. The van der Waals surface area contributed by atoms with E-state index in [-0.39, 0.29) is 35.0 Å². The smallest absolute Gasteiger partial charge is 0.870 e. The van der Waals surface area contributed by atoms with Gasteiger partial charge in [-0.15, -0.1) is 0 Å². The molecule has 0 bridgehead atoms. The molecule has 0 rings (SSSR count). The third kappa shape index (κ3) is 17.6. The maximum Gasteiger partial charge on any atom is 1.00 e. The van der Waals surface area contributed by atoms with E-state index in [1.54, 1.807) is 0 Å². The second kappa shape index (κ2) is 63.3. The van der Waals surface area contributed by atoms with Crippen molar-refractivity contribution < 1.29 is 39.8 Å². The van der Waals surface area contributed by atoms with Crippen LogP contribution in [0.4, 0.5) is 0 Å². The molecule has 1 N–H and O–H groups in total. The minimum Gasteiger partial charge on any atom is -0.870 e. The molecule has 2 nitrogen and oxygen atoms in total. The van der Waals surface area contributed by atoms with E-state index in [1.165, 1.54) is 0 Å². The Balaban J connectivity index is -0.00000000500. The third-order valence-electron chi connectivity index (χ3n) is 0. The summed E-state index contributed by atoms with van der Waals surface area (Å²) >= 11 is 0. The van der Waals surface area contributed by atoms with Crippen molar-refractivity contribution >= 4 is 6.79 Å². The van der Waals surface area contributed by atoms with Gasteiger partial charge in [-0.25, -0.2) is 0 Å². The molecule has 0 aromatic heterocycles. The average Bonchev–Trinajstić information content (AvgIpc) is 1.00. The van der Waals surface area contributed by atoms with Gasteiger partial charge in [-0.3, -0.25) is 0 Å². The zero-order valence-electron chi connectivity index (χ0n) is 2.56. The van der Waals surface area contributed by atoms with Gasteiger partial charge >= 0.3 is 29.6 Å². The predicted molar refractivity (Wildman–Crippen MR) is 9.06 cm³/mol. The van der Waals surface area contributed by atoms with Crippen molar-refractivity contribution in [3.63, 3.8) is 0 Å². The summed E-state index contributed by atoms with van der Waals surface area (Å²) in [6.07, 6.45) is 0. The summed E-state index contributed by atoms with van der Waals surface area (Å²) in [6, 6.07) is 0. The molecular weight excluding hydrogens is 67.0 g/mol. The van der Waals surface area contributed by atoms with Crippen LogP contribution in [0.2, 0.25) is 0 Å². The second-order valence-corrected chi connectivity index (χ2v) is 0. The summed E-state index contributed by atoms with van der Waals surface area (Å²) < 4.78 is 0. The van der Waals surface area contributed by atoms with Crippen molar-refractivity contribution in [2.24, 2.45) is 0 Å². The van der Waals surface area contributed by atoms with E-state index in [4.69, 9.17) is 4.79 Å². The molecule has 0 atom stereocenters. The standard InChI is InChI=1S/CH2O.Na.H2O/c1-2;;/h1H2;;1H2/q;+1;/p-1. The van der Waals surface area contributed by atoms with Crippen LogP contribution < -0.4 is 29.6 Å².